The van der Waals surface area contributed by atoms with E-state index in [1.165, 1.54) is 4.68 Å². The maximum atomic E-state index is 14.0. The van der Waals surface area contributed by atoms with Crippen molar-refractivity contribution in [2.45, 2.75) is 101 Å². The molecule has 2 aromatic rings. The SMILES string of the molecule is C=Nn1cc([C@@H](NC(=O)c2nonc2C2CC2)C2CCC(F)(F)CC2)nc1/C=C(\C)[C@H](NC(=O)CCC(F)F)C1CC1. The second kappa shape index (κ2) is 12.3. The van der Waals surface area contributed by atoms with Crippen molar-refractivity contribution in [2.75, 3.05) is 0 Å². The lowest BCUT2D eigenvalue weighted by Gasteiger charge is -2.33. The number of hydrogen-bond acceptors (Lipinski definition) is 7. The molecule has 5 rings (SSSR count). The zero-order chi connectivity index (χ0) is 30.0. The minimum Gasteiger partial charge on any atom is -0.349 e. The lowest BCUT2D eigenvalue weighted by molar-refractivity contribution is -0.122. The van der Waals surface area contributed by atoms with Gasteiger partial charge in [0, 0.05) is 38.3 Å². The van der Waals surface area contributed by atoms with Crippen molar-refractivity contribution in [2.24, 2.45) is 16.9 Å². The van der Waals surface area contributed by atoms with E-state index >= 15 is 0 Å². The van der Waals surface area contributed by atoms with Gasteiger partial charge in [-0.3, -0.25) is 9.59 Å². The molecule has 3 aliphatic rings. The summed E-state index contributed by atoms with van der Waals surface area (Å²) in [4.78, 5) is 30.4. The van der Waals surface area contributed by atoms with Crippen LogP contribution in [-0.2, 0) is 4.79 Å². The minimum absolute atomic E-state index is 0.0794. The molecule has 0 unspecified atom stereocenters. The minimum atomic E-state index is -2.76. The monoisotopic (exact) mass is 593 g/mol. The van der Waals surface area contributed by atoms with E-state index in [1.54, 1.807) is 12.3 Å². The highest BCUT2D eigenvalue weighted by atomic mass is 19.3. The first kappa shape index (κ1) is 29.9. The number of hydrogen-bond donors (Lipinski definition) is 2. The predicted molar refractivity (Wildman–Crippen MR) is 144 cm³/mol. The van der Waals surface area contributed by atoms with E-state index in [1.807, 2.05) is 6.92 Å². The topological polar surface area (TPSA) is 127 Å². The molecule has 2 amide bonds. The van der Waals surface area contributed by atoms with E-state index in [2.05, 4.69) is 32.8 Å². The van der Waals surface area contributed by atoms with Gasteiger partial charge < -0.3 is 10.6 Å². The van der Waals surface area contributed by atoms with E-state index in [0.717, 1.165) is 31.3 Å². The number of nitrogens with one attached hydrogen (secondary N) is 2. The number of amides is 2. The molecule has 3 saturated carbocycles. The van der Waals surface area contributed by atoms with Crippen molar-refractivity contribution in [3.8, 4) is 0 Å². The Kier molecular flexibility index (Phi) is 8.78. The average molecular weight is 594 g/mol. The van der Waals surface area contributed by atoms with Gasteiger partial charge in [-0.15, -0.1) is 0 Å². The quantitative estimate of drug-likeness (QED) is 0.241. The third-order valence-corrected chi connectivity index (χ3v) is 8.26. The molecule has 0 saturated heterocycles. The second-order valence-electron chi connectivity index (χ2n) is 11.6. The van der Waals surface area contributed by atoms with Gasteiger partial charge in [-0.25, -0.2) is 31.9 Å². The van der Waals surface area contributed by atoms with Crippen LogP contribution in [0.3, 0.4) is 0 Å². The van der Waals surface area contributed by atoms with E-state index in [4.69, 9.17) is 9.61 Å². The third kappa shape index (κ3) is 7.24. The van der Waals surface area contributed by atoms with Crippen LogP contribution in [-0.4, -0.2) is 56.9 Å². The van der Waals surface area contributed by atoms with Gasteiger partial charge >= 0.3 is 0 Å². The summed E-state index contributed by atoms with van der Waals surface area (Å²) in [7, 11) is 0. The van der Waals surface area contributed by atoms with Crippen LogP contribution in [0.1, 0.15) is 111 Å². The summed E-state index contributed by atoms with van der Waals surface area (Å²) in [6.07, 6.45) is 3.30. The molecule has 14 heteroatoms. The van der Waals surface area contributed by atoms with Gasteiger partial charge in [-0.2, -0.15) is 5.10 Å². The van der Waals surface area contributed by atoms with E-state index in [-0.39, 0.29) is 61.6 Å². The van der Waals surface area contributed by atoms with E-state index in [9.17, 15) is 27.2 Å². The molecule has 2 atom stereocenters. The van der Waals surface area contributed by atoms with Crippen LogP contribution in [0.25, 0.3) is 6.08 Å². The molecule has 0 aromatic carbocycles. The Hall–Kier alpha value is -3.58. The largest absolute Gasteiger partial charge is 0.349 e. The first-order chi connectivity index (χ1) is 20.0. The Morgan fingerprint density at radius 1 is 1.14 bits per heavy atom. The summed E-state index contributed by atoms with van der Waals surface area (Å²) in [5.41, 5.74) is 1.74. The summed E-state index contributed by atoms with van der Waals surface area (Å²) in [6, 6.07) is -1.08. The molecule has 0 bridgehead atoms. The van der Waals surface area contributed by atoms with Crippen LogP contribution in [0.15, 0.2) is 21.5 Å². The summed E-state index contributed by atoms with van der Waals surface area (Å²) in [5, 5.41) is 17.5. The number of carbonyl (C=O) groups excluding carboxylic acids is 2. The summed E-state index contributed by atoms with van der Waals surface area (Å²) < 4.78 is 59.5. The van der Waals surface area contributed by atoms with Gasteiger partial charge in [0.1, 0.15) is 5.69 Å². The van der Waals surface area contributed by atoms with Crippen molar-refractivity contribution >= 4 is 24.6 Å². The molecule has 10 nitrogen and oxygen atoms in total. The second-order valence-corrected chi connectivity index (χ2v) is 11.6. The first-order valence-electron chi connectivity index (χ1n) is 14.4. The standard InChI is InChI=1S/C28H35F4N7O3/c1-15(23(16-3-4-16)35-22(40)8-7-20(29)30)13-21-34-19(14-39(21)33-2)24(18-9-11-28(31,32)12-10-18)36-27(41)26-25(17-5-6-17)37-42-38-26/h13-14,16-18,20,23-24H,2-12H2,1H3,(H,35,40)(H,36,41)/b15-13+/t23-,24-/m0/s1. The van der Waals surface area contributed by atoms with E-state index in [0.29, 0.717) is 17.2 Å². The van der Waals surface area contributed by atoms with Crippen LogP contribution in [0.5, 0.6) is 0 Å². The van der Waals surface area contributed by atoms with Crippen molar-refractivity contribution < 1.29 is 31.8 Å². The number of imidazole rings is 1. The number of aromatic nitrogens is 4. The zero-order valence-electron chi connectivity index (χ0n) is 23.4. The number of rotatable bonds is 13. The van der Waals surface area contributed by atoms with Gasteiger partial charge in [0.15, 0.2) is 11.5 Å². The molecular formula is C28H35F4N7O3. The smallest absolute Gasteiger partial charge is 0.276 e. The molecule has 2 aromatic heterocycles. The van der Waals surface area contributed by atoms with Gasteiger partial charge in [0.25, 0.3) is 5.91 Å². The highest BCUT2D eigenvalue weighted by Crippen LogP contribution is 2.43. The molecule has 228 valence electrons. The highest BCUT2D eigenvalue weighted by Gasteiger charge is 2.41. The molecule has 0 radical (unpaired) electrons. The van der Waals surface area contributed by atoms with Crippen molar-refractivity contribution in [1.82, 2.24) is 30.6 Å². The fraction of sp³-hybridized carbons (Fsp3) is 0.643. The molecule has 3 aliphatic carbocycles. The van der Waals surface area contributed by atoms with E-state index < -0.39 is 36.6 Å². The molecule has 42 heavy (non-hydrogen) atoms. The number of alkyl halides is 4. The van der Waals surface area contributed by atoms with Crippen LogP contribution in [0.4, 0.5) is 17.6 Å². The van der Waals surface area contributed by atoms with Gasteiger partial charge in [-0.05, 0) is 74.1 Å². The van der Waals surface area contributed by atoms with Crippen LogP contribution in [0.2, 0.25) is 0 Å². The fourth-order valence-corrected chi connectivity index (χ4v) is 5.59. The summed E-state index contributed by atoms with van der Waals surface area (Å²) in [6.45, 7) is 5.43. The van der Waals surface area contributed by atoms with Crippen molar-refractivity contribution in [1.29, 1.82) is 0 Å². The Morgan fingerprint density at radius 3 is 2.48 bits per heavy atom. The van der Waals surface area contributed by atoms with Crippen LogP contribution < -0.4 is 10.6 Å². The third-order valence-electron chi connectivity index (χ3n) is 8.26. The van der Waals surface area contributed by atoms with Crippen molar-refractivity contribution in [3.05, 3.63) is 34.7 Å². The zero-order valence-corrected chi connectivity index (χ0v) is 23.4. The highest BCUT2D eigenvalue weighted by molar-refractivity contribution is 5.93. The summed E-state index contributed by atoms with van der Waals surface area (Å²) >= 11 is 0. The fourth-order valence-electron chi connectivity index (χ4n) is 5.59. The molecule has 2 N–H and O–H groups in total. The van der Waals surface area contributed by atoms with Gasteiger partial charge in [0.2, 0.25) is 18.3 Å². The predicted octanol–water partition coefficient (Wildman–Crippen LogP) is 5.25. The lowest BCUT2D eigenvalue weighted by Crippen LogP contribution is -2.37. The average Bonchev–Trinajstić information content (AvgIpc) is 3.88. The maximum absolute atomic E-state index is 14.0. The van der Waals surface area contributed by atoms with Crippen LogP contribution >= 0.6 is 0 Å². The maximum Gasteiger partial charge on any atom is 0.276 e. The van der Waals surface area contributed by atoms with Crippen LogP contribution in [0, 0.1) is 11.8 Å². The molecule has 3 fully saturated rings. The number of halogens is 4. The Bertz CT molecular complexity index is 1320. The summed E-state index contributed by atoms with van der Waals surface area (Å²) in [5.74, 6) is -3.38. The molecule has 0 spiro atoms. The van der Waals surface area contributed by atoms with Gasteiger partial charge in [-0.1, -0.05) is 5.16 Å². The molecule has 2 heterocycles. The molecule has 0 aliphatic heterocycles. The number of nitrogens with zero attached hydrogens (tertiary/aromatic N) is 5. The van der Waals surface area contributed by atoms with Crippen molar-refractivity contribution in [3.63, 3.8) is 0 Å². The Balaban J connectivity index is 1.40. The number of carbonyl (C=O) groups is 2. The Morgan fingerprint density at radius 2 is 1.86 bits per heavy atom. The first-order valence-corrected chi connectivity index (χ1v) is 14.4. The Labute approximate surface area is 240 Å². The molecular weight excluding hydrogens is 558 g/mol. The lowest BCUT2D eigenvalue weighted by atomic mass is 9.81. The normalized spacial score (nSPS) is 20.8. The van der Waals surface area contributed by atoms with Gasteiger partial charge in [0.05, 0.1) is 24.0 Å².